The van der Waals surface area contributed by atoms with Crippen LogP contribution in [0.2, 0.25) is 0 Å². The van der Waals surface area contributed by atoms with E-state index in [-0.39, 0.29) is 83.9 Å². The Hall–Kier alpha value is -3.74. The van der Waals surface area contributed by atoms with Crippen LogP contribution < -0.4 is 0 Å². The van der Waals surface area contributed by atoms with Gasteiger partial charge in [0.05, 0.1) is 114 Å². The molecule has 4 aliphatic rings. The van der Waals surface area contributed by atoms with E-state index < -0.39 is 133 Å². The fourth-order valence-electron chi connectivity index (χ4n) is 9.12. The molecule has 0 amide bonds. The zero-order valence-corrected chi connectivity index (χ0v) is 48.7. The molecule has 8 rings (SSSR count). The molecular weight excluding hydrogens is 1250 g/mol. The Kier molecular flexibility index (Phi) is 22.3. The Morgan fingerprint density at radius 1 is 0.590 bits per heavy atom. The molecule has 4 aromatic heterocycles. The van der Waals surface area contributed by atoms with E-state index in [1.807, 2.05) is 6.92 Å². The number of aromatic nitrogens is 12. The van der Waals surface area contributed by atoms with Crippen LogP contribution in [-0.2, 0) is 154 Å². The van der Waals surface area contributed by atoms with Crippen LogP contribution in [0.4, 0.5) is 0 Å². The lowest BCUT2D eigenvalue weighted by atomic mass is 10.1. The first-order chi connectivity index (χ1) is 39.2. The van der Waals surface area contributed by atoms with E-state index in [9.17, 15) is 51.9 Å². The van der Waals surface area contributed by atoms with Gasteiger partial charge in [0.1, 0.15) is 53.3 Å². The zero-order valence-electron chi connectivity index (χ0n) is 43.9. The van der Waals surface area contributed by atoms with Crippen molar-refractivity contribution in [3.05, 3.63) is 47.6 Å². The minimum absolute atomic E-state index is 0.0616. The van der Waals surface area contributed by atoms with E-state index >= 15 is 0 Å². The second-order valence-corrected chi connectivity index (χ2v) is 24.2. The first kappa shape index (κ1) is 65.2. The first-order valence-electron chi connectivity index (χ1n) is 25.3. The maximum Gasteiger partial charge on any atom is 0.397 e. The van der Waals surface area contributed by atoms with E-state index in [1.165, 1.54) is 26.4 Å². The minimum atomic E-state index is -5.07. The van der Waals surface area contributed by atoms with Crippen molar-refractivity contribution in [1.82, 2.24) is 60.0 Å². The molecule has 83 heavy (non-hydrogen) atoms. The summed E-state index contributed by atoms with van der Waals surface area (Å²) in [5.74, 6) is -2.41. The van der Waals surface area contributed by atoms with E-state index in [0.29, 0.717) is 36.8 Å². The Morgan fingerprint density at radius 2 is 1.04 bits per heavy atom. The van der Waals surface area contributed by atoms with Crippen LogP contribution in [0.3, 0.4) is 0 Å². The Labute approximate surface area is 484 Å². The number of halogens is 2. The average molecular weight is 1310 g/mol. The quantitative estimate of drug-likeness (QED) is 0.0280. The number of nitrogens with zero attached hydrogens (tertiary/aromatic N) is 12. The highest BCUT2D eigenvalue weighted by Gasteiger charge is 2.53. The van der Waals surface area contributed by atoms with Crippen LogP contribution in [0, 0.1) is 0 Å². The topological polar surface area (TPSA) is 460 Å². The van der Waals surface area contributed by atoms with Crippen LogP contribution in [0.15, 0.2) is 24.8 Å². The molecule has 43 heteroatoms. The first-order valence-corrected chi connectivity index (χ1v) is 31.7. The van der Waals surface area contributed by atoms with Crippen LogP contribution in [0.25, 0.3) is 0 Å². The van der Waals surface area contributed by atoms with Crippen molar-refractivity contribution >= 4 is 64.8 Å². The van der Waals surface area contributed by atoms with Crippen molar-refractivity contribution in [1.29, 1.82) is 0 Å². The van der Waals surface area contributed by atoms with E-state index in [1.54, 1.807) is 24.0 Å². The van der Waals surface area contributed by atoms with E-state index in [4.69, 9.17) is 82.6 Å². The third-order valence-corrected chi connectivity index (χ3v) is 15.6. The van der Waals surface area contributed by atoms with Crippen molar-refractivity contribution < 1.29 is 111 Å². The molecule has 4 aromatic rings. The number of rotatable bonds is 31. The monoisotopic (exact) mass is 1310 g/mol. The van der Waals surface area contributed by atoms with Crippen molar-refractivity contribution in [3.8, 4) is 0 Å². The highest BCUT2D eigenvalue weighted by atomic mass is 35.5. The summed E-state index contributed by atoms with van der Waals surface area (Å²) in [4.78, 5) is 0. The summed E-state index contributed by atoms with van der Waals surface area (Å²) in [6.07, 6.45) is -6.46. The van der Waals surface area contributed by atoms with Crippen molar-refractivity contribution in [2.24, 2.45) is 0 Å². The summed E-state index contributed by atoms with van der Waals surface area (Å²) in [6.45, 7) is 4.21. The van der Waals surface area contributed by atoms with Gasteiger partial charge in [-0.3, -0.25) is 18.2 Å². The molecule has 4 fully saturated rings. The second kappa shape index (κ2) is 28.4. The van der Waals surface area contributed by atoms with E-state index in [2.05, 4.69) is 41.2 Å². The predicted molar refractivity (Wildman–Crippen MR) is 269 cm³/mol. The molecule has 0 aliphatic carbocycles. The summed E-state index contributed by atoms with van der Waals surface area (Å²) < 4.78 is 210. The van der Waals surface area contributed by atoms with Gasteiger partial charge in [-0.1, -0.05) is 20.9 Å². The summed E-state index contributed by atoms with van der Waals surface area (Å²) in [5.41, 5.74) is 1.36. The molecule has 0 radical (unpaired) electrons. The van der Waals surface area contributed by atoms with Crippen LogP contribution in [0.5, 0.6) is 0 Å². The van der Waals surface area contributed by atoms with Crippen LogP contribution >= 0.6 is 23.2 Å². The van der Waals surface area contributed by atoms with Crippen LogP contribution in [0.1, 0.15) is 75.1 Å². The van der Waals surface area contributed by atoms with Gasteiger partial charge in [-0.25, -0.2) is 35.5 Å². The minimum Gasteiger partial charge on any atom is -0.380 e. The standard InChI is InChI=1S/C40H60Cl2N12O25S4/c1-3-67-9-8-51-12-27(45-47-51)21-69-37-32(76-80(55,56)57)7-5-30(73-37)17-53-15-28(46-49-53)22-70-38-33(77-81(58,59)60)6-4-29(72-38)16-52-13-25(43-48-52)19-68-20-26-14-54(50-44-26)18-36-35(79-83(64,65)66)11-40(23-41,74-36)75-39-34(78-82(61,62)63)10-31(42)24(2)71-39/h12-15,24,29-39H,3-11,16-23H2,1-2H3,(H,55,56,57)(H,58,59,60)(H,61,62,63)(H,64,65,66)/t24-,29+,30+,31-,32+,33+,34-,35+,36-,37-,38+,39+,40-/m1/s1. The van der Waals surface area contributed by atoms with Gasteiger partial charge in [0.2, 0.25) is 0 Å². The third kappa shape index (κ3) is 20.4. The fraction of sp³-hybridized carbons (Fsp3) is 0.800. The number of hydrogen-bond acceptors (Lipinski definition) is 29. The average Bonchev–Trinajstić information content (AvgIpc) is 4.40. The maximum atomic E-state index is 11.9. The van der Waals surface area contributed by atoms with E-state index in [0.717, 1.165) is 0 Å². The predicted octanol–water partition coefficient (Wildman–Crippen LogP) is -0.515. The Morgan fingerprint density at radius 3 is 1.52 bits per heavy atom. The third-order valence-electron chi connectivity index (χ3n) is 12.7. The largest absolute Gasteiger partial charge is 0.397 e. The molecule has 0 saturated carbocycles. The maximum absolute atomic E-state index is 11.9. The molecule has 0 spiro atoms. The lowest BCUT2D eigenvalue weighted by molar-refractivity contribution is -0.328. The van der Waals surface area contributed by atoms with Gasteiger partial charge in [0, 0.05) is 13.0 Å². The molecule has 0 bridgehead atoms. The molecule has 4 saturated heterocycles. The number of ether oxygens (including phenoxy) is 9. The smallest absolute Gasteiger partial charge is 0.380 e. The summed E-state index contributed by atoms with van der Waals surface area (Å²) in [5, 5.41) is 31.9. The van der Waals surface area contributed by atoms with Crippen molar-refractivity contribution in [2.75, 3.05) is 19.1 Å². The van der Waals surface area contributed by atoms with Gasteiger partial charge in [-0.05, 0) is 46.0 Å². The molecular formula is C40H60Cl2N12O25S4. The molecule has 13 atom stereocenters. The SMILES string of the molecule is CCOCCn1cc(CO[C@@H]2O[C@H](Cn3cc(CO[C@H]4O[C@H](Cn5cc(COCc6cn(C[C@H]7O[C@@](CCl)(O[C@@H]8O[C@H](C)[C@H](Cl)C[C@H]8OS(=O)(=O)O)C[C@@H]7OS(=O)(=O)O)nn6)nn5)CC[C@@H]4OS(=O)(=O)O)nn3)CC[C@@H]2OS(=O)(=O)O)nn1. The van der Waals surface area contributed by atoms with Crippen molar-refractivity contribution in [2.45, 2.75) is 184 Å². The lowest BCUT2D eigenvalue weighted by Gasteiger charge is -2.40. The lowest BCUT2D eigenvalue weighted by Crippen LogP contribution is -2.52. The van der Waals surface area contributed by atoms with Gasteiger partial charge >= 0.3 is 41.6 Å². The molecule has 0 unspecified atom stereocenters. The normalized spacial score (nSPS) is 29.4. The highest BCUT2D eigenvalue weighted by Crippen LogP contribution is 2.40. The van der Waals surface area contributed by atoms with Gasteiger partial charge in [-0.2, -0.15) is 33.7 Å². The fourth-order valence-corrected chi connectivity index (χ4v) is 11.6. The van der Waals surface area contributed by atoms with Crippen LogP contribution in [-0.4, -0.2) is 210 Å². The molecule has 4 aliphatic heterocycles. The van der Waals surface area contributed by atoms with Gasteiger partial charge in [-0.15, -0.1) is 43.6 Å². The molecule has 37 nitrogen and oxygen atoms in total. The highest BCUT2D eigenvalue weighted by molar-refractivity contribution is 7.81. The number of hydrogen-bond donors (Lipinski definition) is 4. The zero-order chi connectivity index (χ0) is 59.7. The molecule has 0 aromatic carbocycles. The summed E-state index contributed by atoms with van der Waals surface area (Å²) >= 11 is 12.5. The van der Waals surface area contributed by atoms with Crippen molar-refractivity contribution in [3.63, 3.8) is 0 Å². The second-order valence-electron chi connectivity index (χ2n) is 19.2. The summed E-state index contributed by atoms with van der Waals surface area (Å²) in [7, 11) is -19.9. The van der Waals surface area contributed by atoms with Gasteiger partial charge in [0.15, 0.2) is 24.7 Å². The molecule has 4 N–H and O–H groups in total. The summed E-state index contributed by atoms with van der Waals surface area (Å²) in [6, 6.07) is 0. The molecule has 8 heterocycles. The number of alkyl halides is 2. The molecule has 468 valence electrons. The Bertz CT molecular complexity index is 3200. The van der Waals surface area contributed by atoms with Gasteiger partial charge < -0.3 is 42.6 Å². The Balaban J connectivity index is 0.811. The van der Waals surface area contributed by atoms with Gasteiger partial charge in [0.25, 0.3) is 0 Å².